The number of amides is 1. The fourth-order valence-electron chi connectivity index (χ4n) is 1.46. The van der Waals surface area contributed by atoms with Gasteiger partial charge in [0.1, 0.15) is 11.5 Å². The van der Waals surface area contributed by atoms with Crippen molar-refractivity contribution in [2.75, 3.05) is 20.3 Å². The van der Waals surface area contributed by atoms with Gasteiger partial charge in [-0.15, -0.1) is 12.4 Å². The molecule has 3 N–H and O–H groups in total. The summed E-state index contributed by atoms with van der Waals surface area (Å²) >= 11 is 0. The van der Waals surface area contributed by atoms with Gasteiger partial charge in [0, 0.05) is 12.6 Å². The minimum absolute atomic E-state index is 0. The molecule has 0 aromatic heterocycles. The highest BCUT2D eigenvalue weighted by Crippen LogP contribution is 2.16. The van der Waals surface area contributed by atoms with Crippen molar-refractivity contribution < 1.29 is 14.3 Å². The third-order valence-electron chi connectivity index (χ3n) is 2.58. The molecule has 0 heterocycles. The Balaban J connectivity index is 0.00000361. The van der Waals surface area contributed by atoms with E-state index >= 15 is 0 Å². The minimum atomic E-state index is -0.0193. The molecule has 0 spiro atoms. The van der Waals surface area contributed by atoms with Gasteiger partial charge < -0.3 is 20.5 Å². The number of benzene rings is 1. The van der Waals surface area contributed by atoms with Gasteiger partial charge in [-0.2, -0.15) is 0 Å². The maximum atomic E-state index is 11.5. The van der Waals surface area contributed by atoms with Crippen LogP contribution in [0.3, 0.4) is 0 Å². The van der Waals surface area contributed by atoms with Crippen LogP contribution in [0.1, 0.15) is 19.8 Å². The van der Waals surface area contributed by atoms with Crippen LogP contribution < -0.4 is 20.5 Å². The Morgan fingerprint density at radius 1 is 1.30 bits per heavy atom. The van der Waals surface area contributed by atoms with Crippen molar-refractivity contribution in [3.05, 3.63) is 24.3 Å². The number of nitrogens with one attached hydrogen (secondary N) is 1. The summed E-state index contributed by atoms with van der Waals surface area (Å²) in [5.74, 6) is 1.49. The Morgan fingerprint density at radius 2 is 1.90 bits per heavy atom. The summed E-state index contributed by atoms with van der Waals surface area (Å²) in [7, 11) is 1.61. The Labute approximate surface area is 126 Å². The number of halogens is 1. The van der Waals surface area contributed by atoms with Crippen molar-refractivity contribution >= 4 is 18.3 Å². The molecule has 1 unspecified atom stereocenters. The summed E-state index contributed by atoms with van der Waals surface area (Å²) in [6, 6.07) is 7.37. The van der Waals surface area contributed by atoms with Gasteiger partial charge in [-0.25, -0.2) is 0 Å². The first-order valence-corrected chi connectivity index (χ1v) is 6.41. The Bertz CT molecular complexity index is 383. The van der Waals surface area contributed by atoms with Crippen molar-refractivity contribution in [2.24, 2.45) is 5.73 Å². The molecule has 0 saturated heterocycles. The molecule has 0 saturated carbocycles. The third kappa shape index (κ3) is 7.86. The van der Waals surface area contributed by atoms with E-state index in [-0.39, 0.29) is 24.4 Å². The van der Waals surface area contributed by atoms with Gasteiger partial charge in [-0.05, 0) is 37.6 Å². The molecule has 0 fully saturated rings. The van der Waals surface area contributed by atoms with E-state index in [4.69, 9.17) is 15.2 Å². The fourth-order valence-corrected chi connectivity index (χ4v) is 1.46. The zero-order valence-electron chi connectivity index (χ0n) is 11.9. The maximum absolute atomic E-state index is 11.5. The lowest BCUT2D eigenvalue weighted by Crippen LogP contribution is -2.29. The van der Waals surface area contributed by atoms with Crippen molar-refractivity contribution in [1.29, 1.82) is 0 Å². The van der Waals surface area contributed by atoms with Crippen LogP contribution in [0.25, 0.3) is 0 Å². The van der Waals surface area contributed by atoms with Crippen LogP contribution in [-0.4, -0.2) is 32.2 Å². The first-order chi connectivity index (χ1) is 9.11. The molecule has 1 atom stereocenters. The SMILES string of the molecule is COc1ccc(OCCC(=O)NCCC(C)N)cc1.Cl. The lowest BCUT2D eigenvalue weighted by atomic mass is 10.2. The summed E-state index contributed by atoms with van der Waals surface area (Å²) in [5.41, 5.74) is 5.59. The second kappa shape index (κ2) is 10.3. The van der Waals surface area contributed by atoms with Gasteiger partial charge in [0.05, 0.1) is 20.1 Å². The van der Waals surface area contributed by atoms with Crippen LogP contribution in [0.4, 0.5) is 0 Å². The van der Waals surface area contributed by atoms with Gasteiger partial charge in [-0.1, -0.05) is 0 Å². The molecular weight excluding hydrogens is 280 g/mol. The molecule has 20 heavy (non-hydrogen) atoms. The normalized spacial score (nSPS) is 11.2. The van der Waals surface area contributed by atoms with Crippen LogP contribution in [0.15, 0.2) is 24.3 Å². The zero-order chi connectivity index (χ0) is 14.1. The lowest BCUT2D eigenvalue weighted by molar-refractivity contribution is -0.121. The third-order valence-corrected chi connectivity index (χ3v) is 2.58. The molecule has 1 aromatic carbocycles. The van der Waals surface area contributed by atoms with Crippen LogP contribution >= 0.6 is 12.4 Å². The van der Waals surface area contributed by atoms with E-state index in [1.165, 1.54) is 0 Å². The van der Waals surface area contributed by atoms with Crippen molar-refractivity contribution in [3.63, 3.8) is 0 Å². The smallest absolute Gasteiger partial charge is 0.223 e. The van der Waals surface area contributed by atoms with Crippen LogP contribution in [0.2, 0.25) is 0 Å². The molecule has 0 radical (unpaired) electrons. The highest BCUT2D eigenvalue weighted by atomic mass is 35.5. The van der Waals surface area contributed by atoms with Gasteiger partial charge in [0.25, 0.3) is 0 Å². The van der Waals surface area contributed by atoms with Gasteiger partial charge in [0.15, 0.2) is 0 Å². The molecule has 1 rings (SSSR count). The van der Waals surface area contributed by atoms with E-state index in [2.05, 4.69) is 5.32 Å². The summed E-state index contributed by atoms with van der Waals surface area (Å²) in [5, 5.41) is 2.80. The van der Waals surface area contributed by atoms with Crippen molar-refractivity contribution in [3.8, 4) is 11.5 Å². The lowest BCUT2D eigenvalue weighted by Gasteiger charge is -2.09. The number of hydrogen-bond donors (Lipinski definition) is 2. The predicted molar refractivity (Wildman–Crippen MR) is 81.6 cm³/mol. The Kier molecular flexibility index (Phi) is 9.59. The summed E-state index contributed by atoms with van der Waals surface area (Å²) in [4.78, 5) is 11.5. The number of carbonyl (C=O) groups excluding carboxylic acids is 1. The standard InChI is InChI=1S/C14H22N2O3.ClH/c1-11(15)7-9-16-14(17)8-10-19-13-5-3-12(18-2)4-6-13;/h3-6,11H,7-10,15H2,1-2H3,(H,16,17);1H. The molecule has 1 amide bonds. The average Bonchev–Trinajstić information content (AvgIpc) is 2.39. The van der Waals surface area contributed by atoms with Crippen LogP contribution in [0.5, 0.6) is 11.5 Å². The summed E-state index contributed by atoms with van der Waals surface area (Å²) in [6.07, 6.45) is 1.12. The number of hydrogen-bond acceptors (Lipinski definition) is 4. The molecule has 5 nitrogen and oxygen atoms in total. The molecule has 114 valence electrons. The number of rotatable bonds is 8. The first kappa shape index (κ1) is 18.5. The van der Waals surface area contributed by atoms with Crippen molar-refractivity contribution in [1.82, 2.24) is 5.32 Å². The molecule has 0 aliphatic heterocycles. The van der Waals surface area contributed by atoms with E-state index in [0.29, 0.717) is 19.6 Å². The molecular formula is C14H23ClN2O3. The number of carbonyl (C=O) groups is 1. The fraction of sp³-hybridized carbons (Fsp3) is 0.500. The van der Waals surface area contributed by atoms with E-state index < -0.39 is 0 Å². The van der Waals surface area contributed by atoms with Gasteiger partial charge >= 0.3 is 0 Å². The molecule has 1 aromatic rings. The molecule has 0 aliphatic carbocycles. The highest BCUT2D eigenvalue weighted by molar-refractivity contribution is 5.85. The number of methoxy groups -OCH3 is 1. The molecule has 6 heteroatoms. The van der Waals surface area contributed by atoms with Crippen LogP contribution in [-0.2, 0) is 4.79 Å². The summed E-state index contributed by atoms with van der Waals surface area (Å²) < 4.78 is 10.5. The number of nitrogens with two attached hydrogens (primary N) is 1. The Morgan fingerprint density at radius 3 is 2.45 bits per heavy atom. The van der Waals surface area contributed by atoms with E-state index in [1.807, 2.05) is 31.2 Å². The van der Waals surface area contributed by atoms with E-state index in [1.54, 1.807) is 7.11 Å². The minimum Gasteiger partial charge on any atom is -0.497 e. The quantitative estimate of drug-likeness (QED) is 0.767. The highest BCUT2D eigenvalue weighted by Gasteiger charge is 2.02. The Hall–Kier alpha value is -1.46. The largest absolute Gasteiger partial charge is 0.497 e. The monoisotopic (exact) mass is 302 g/mol. The number of ether oxygens (including phenoxy) is 2. The second-order valence-corrected chi connectivity index (χ2v) is 4.39. The summed E-state index contributed by atoms with van der Waals surface area (Å²) in [6.45, 7) is 2.88. The maximum Gasteiger partial charge on any atom is 0.223 e. The first-order valence-electron chi connectivity index (χ1n) is 6.41. The predicted octanol–water partition coefficient (Wildman–Crippen LogP) is 1.74. The average molecular weight is 303 g/mol. The van der Waals surface area contributed by atoms with Crippen molar-refractivity contribution in [2.45, 2.75) is 25.8 Å². The van der Waals surface area contributed by atoms with Crippen LogP contribution in [0, 0.1) is 0 Å². The zero-order valence-corrected chi connectivity index (χ0v) is 12.7. The second-order valence-electron chi connectivity index (χ2n) is 4.39. The molecule has 0 bridgehead atoms. The van der Waals surface area contributed by atoms with E-state index in [0.717, 1.165) is 17.9 Å². The van der Waals surface area contributed by atoms with Gasteiger partial charge in [0.2, 0.25) is 5.91 Å². The van der Waals surface area contributed by atoms with Gasteiger partial charge in [-0.3, -0.25) is 4.79 Å². The topological polar surface area (TPSA) is 73.6 Å². The molecule has 0 aliphatic rings. The van der Waals surface area contributed by atoms with E-state index in [9.17, 15) is 4.79 Å².